The molecule has 1 saturated carbocycles. The van der Waals surface area contributed by atoms with Crippen LogP contribution in [0.5, 0.6) is 0 Å². The lowest BCUT2D eigenvalue weighted by Crippen LogP contribution is -2.54. The molecule has 2 rings (SSSR count). The third kappa shape index (κ3) is 5.26. The van der Waals surface area contributed by atoms with Gasteiger partial charge in [-0.15, -0.1) is 0 Å². The number of ether oxygens (including phenoxy) is 1. The van der Waals surface area contributed by atoms with E-state index >= 15 is 0 Å². The smallest absolute Gasteiger partial charge is 0.310 e. The van der Waals surface area contributed by atoms with Crippen molar-refractivity contribution < 1.29 is 9.53 Å². The molecule has 122 valence electrons. The van der Waals surface area contributed by atoms with Gasteiger partial charge in [0.25, 0.3) is 0 Å². The fourth-order valence-corrected chi connectivity index (χ4v) is 3.92. The first-order valence-corrected chi connectivity index (χ1v) is 8.64. The molecule has 0 bridgehead atoms. The van der Waals surface area contributed by atoms with Gasteiger partial charge in [-0.1, -0.05) is 33.1 Å². The summed E-state index contributed by atoms with van der Waals surface area (Å²) in [5.41, 5.74) is 0. The molecule has 1 aliphatic carbocycles. The second-order valence-corrected chi connectivity index (χ2v) is 7.27. The first-order valence-electron chi connectivity index (χ1n) is 8.64. The molecule has 2 atom stereocenters. The number of hydrogen-bond acceptors (Lipinski definition) is 4. The third-order valence-electron chi connectivity index (χ3n) is 4.76. The standard InChI is InChI=1S/C17H32N2O2/c1-13(2)10-19-11-14(17(20)21-3)9-16(12-19)18-15-7-5-4-6-8-15/h13-16,18H,4-12H2,1-3H3. The Kier molecular flexibility index (Phi) is 6.49. The van der Waals surface area contributed by atoms with E-state index in [0.29, 0.717) is 18.0 Å². The van der Waals surface area contributed by atoms with Crippen molar-refractivity contribution in [2.75, 3.05) is 26.7 Å². The maximum Gasteiger partial charge on any atom is 0.310 e. The van der Waals surface area contributed by atoms with Crippen LogP contribution >= 0.6 is 0 Å². The second kappa shape index (κ2) is 8.14. The van der Waals surface area contributed by atoms with Gasteiger partial charge in [0.05, 0.1) is 13.0 Å². The summed E-state index contributed by atoms with van der Waals surface area (Å²) >= 11 is 0. The number of methoxy groups -OCH3 is 1. The summed E-state index contributed by atoms with van der Waals surface area (Å²) in [6, 6.07) is 1.09. The zero-order valence-electron chi connectivity index (χ0n) is 13.9. The van der Waals surface area contributed by atoms with E-state index in [9.17, 15) is 4.79 Å². The molecule has 4 nitrogen and oxygen atoms in total. The maximum absolute atomic E-state index is 12.0. The largest absolute Gasteiger partial charge is 0.469 e. The van der Waals surface area contributed by atoms with Gasteiger partial charge in [0.2, 0.25) is 0 Å². The van der Waals surface area contributed by atoms with Crippen molar-refractivity contribution in [3.05, 3.63) is 0 Å². The van der Waals surface area contributed by atoms with Gasteiger partial charge in [0, 0.05) is 31.7 Å². The van der Waals surface area contributed by atoms with E-state index in [1.165, 1.54) is 39.2 Å². The van der Waals surface area contributed by atoms with E-state index < -0.39 is 0 Å². The summed E-state index contributed by atoms with van der Waals surface area (Å²) in [4.78, 5) is 14.4. The van der Waals surface area contributed by atoms with Gasteiger partial charge in [-0.3, -0.25) is 4.79 Å². The van der Waals surface area contributed by atoms with Crippen LogP contribution in [0.3, 0.4) is 0 Å². The molecule has 1 aliphatic heterocycles. The van der Waals surface area contributed by atoms with Crippen molar-refractivity contribution in [1.82, 2.24) is 10.2 Å². The highest BCUT2D eigenvalue weighted by atomic mass is 16.5. The number of likely N-dealkylation sites (tertiary alicyclic amines) is 1. The van der Waals surface area contributed by atoms with E-state index in [4.69, 9.17) is 4.74 Å². The van der Waals surface area contributed by atoms with Gasteiger partial charge >= 0.3 is 5.97 Å². The second-order valence-electron chi connectivity index (χ2n) is 7.27. The van der Waals surface area contributed by atoms with Crippen LogP contribution in [0.4, 0.5) is 0 Å². The highest BCUT2D eigenvalue weighted by molar-refractivity contribution is 5.72. The number of carbonyl (C=O) groups excluding carboxylic acids is 1. The molecule has 4 heteroatoms. The van der Waals surface area contributed by atoms with Crippen molar-refractivity contribution in [3.63, 3.8) is 0 Å². The third-order valence-corrected chi connectivity index (χ3v) is 4.76. The molecule has 1 N–H and O–H groups in total. The summed E-state index contributed by atoms with van der Waals surface area (Å²) in [7, 11) is 1.51. The molecule has 2 aliphatic rings. The Labute approximate surface area is 129 Å². The SMILES string of the molecule is COC(=O)C1CC(NC2CCCCC2)CN(CC(C)C)C1. The Morgan fingerprint density at radius 2 is 1.90 bits per heavy atom. The van der Waals surface area contributed by atoms with Gasteiger partial charge in [-0.05, 0) is 25.2 Å². The molecule has 1 heterocycles. The van der Waals surface area contributed by atoms with Crippen molar-refractivity contribution >= 4 is 5.97 Å². The predicted octanol–water partition coefficient (Wildman–Crippen LogP) is 2.43. The monoisotopic (exact) mass is 296 g/mol. The van der Waals surface area contributed by atoms with Crippen LogP contribution in [0.15, 0.2) is 0 Å². The average Bonchev–Trinajstić information content (AvgIpc) is 2.46. The van der Waals surface area contributed by atoms with Crippen LogP contribution in [0.25, 0.3) is 0 Å². The Bertz CT molecular complexity index is 327. The highest BCUT2D eigenvalue weighted by Crippen LogP contribution is 2.23. The lowest BCUT2D eigenvalue weighted by atomic mass is 9.90. The number of esters is 1. The fourth-order valence-electron chi connectivity index (χ4n) is 3.92. The molecule has 0 radical (unpaired) electrons. The molecule has 2 fully saturated rings. The van der Waals surface area contributed by atoms with Gasteiger partial charge in [0.1, 0.15) is 0 Å². The molecule has 0 aromatic carbocycles. The van der Waals surface area contributed by atoms with Crippen LogP contribution < -0.4 is 5.32 Å². The Hall–Kier alpha value is -0.610. The van der Waals surface area contributed by atoms with Crippen LogP contribution in [0, 0.1) is 11.8 Å². The molecule has 1 saturated heterocycles. The molecule has 0 aromatic heterocycles. The van der Waals surface area contributed by atoms with Crippen LogP contribution in [0.1, 0.15) is 52.4 Å². The zero-order chi connectivity index (χ0) is 15.2. The Morgan fingerprint density at radius 3 is 2.52 bits per heavy atom. The minimum Gasteiger partial charge on any atom is -0.469 e. The summed E-state index contributed by atoms with van der Waals surface area (Å²) in [6.45, 7) is 7.48. The molecule has 0 spiro atoms. The Morgan fingerprint density at radius 1 is 1.19 bits per heavy atom. The lowest BCUT2D eigenvalue weighted by molar-refractivity contribution is -0.147. The van der Waals surface area contributed by atoms with Gasteiger partial charge in [0.15, 0.2) is 0 Å². The molecule has 2 unspecified atom stereocenters. The summed E-state index contributed by atoms with van der Waals surface area (Å²) in [6.07, 6.45) is 7.60. The van der Waals surface area contributed by atoms with E-state index in [-0.39, 0.29) is 11.9 Å². The number of piperidine rings is 1. The fraction of sp³-hybridized carbons (Fsp3) is 0.941. The molecular formula is C17H32N2O2. The van der Waals surface area contributed by atoms with E-state index in [1.807, 2.05) is 0 Å². The zero-order valence-corrected chi connectivity index (χ0v) is 13.9. The van der Waals surface area contributed by atoms with Gasteiger partial charge < -0.3 is 15.0 Å². The number of rotatable bonds is 5. The number of nitrogens with one attached hydrogen (secondary N) is 1. The Balaban J connectivity index is 1.92. The first kappa shape index (κ1) is 16.8. The quantitative estimate of drug-likeness (QED) is 0.791. The minimum absolute atomic E-state index is 0.0311. The van der Waals surface area contributed by atoms with Crippen LogP contribution in [-0.4, -0.2) is 49.7 Å². The van der Waals surface area contributed by atoms with E-state index in [2.05, 4.69) is 24.1 Å². The van der Waals surface area contributed by atoms with Gasteiger partial charge in [-0.2, -0.15) is 0 Å². The van der Waals surface area contributed by atoms with Crippen molar-refractivity contribution in [3.8, 4) is 0 Å². The van der Waals surface area contributed by atoms with Crippen molar-refractivity contribution in [2.24, 2.45) is 11.8 Å². The van der Waals surface area contributed by atoms with E-state index in [0.717, 1.165) is 26.1 Å². The minimum atomic E-state index is -0.0427. The predicted molar refractivity (Wildman–Crippen MR) is 85.2 cm³/mol. The van der Waals surface area contributed by atoms with Gasteiger partial charge in [-0.25, -0.2) is 0 Å². The first-order chi connectivity index (χ1) is 10.1. The van der Waals surface area contributed by atoms with Crippen molar-refractivity contribution in [2.45, 2.75) is 64.5 Å². The van der Waals surface area contributed by atoms with Crippen molar-refractivity contribution in [1.29, 1.82) is 0 Å². The van der Waals surface area contributed by atoms with E-state index in [1.54, 1.807) is 0 Å². The lowest BCUT2D eigenvalue weighted by Gasteiger charge is -2.40. The highest BCUT2D eigenvalue weighted by Gasteiger charge is 2.33. The number of hydrogen-bond donors (Lipinski definition) is 1. The maximum atomic E-state index is 12.0. The summed E-state index contributed by atoms with van der Waals surface area (Å²) < 4.78 is 4.99. The molecular weight excluding hydrogens is 264 g/mol. The summed E-state index contributed by atoms with van der Waals surface area (Å²) in [5, 5.41) is 3.82. The number of nitrogens with zero attached hydrogens (tertiary/aromatic N) is 1. The van der Waals surface area contributed by atoms with Crippen LogP contribution in [0.2, 0.25) is 0 Å². The van der Waals surface area contributed by atoms with Crippen LogP contribution in [-0.2, 0) is 9.53 Å². The molecule has 0 amide bonds. The normalized spacial score (nSPS) is 28.8. The molecule has 21 heavy (non-hydrogen) atoms. The number of carbonyl (C=O) groups is 1. The summed E-state index contributed by atoms with van der Waals surface area (Å²) in [5.74, 6) is 0.624. The average molecular weight is 296 g/mol. The molecule has 0 aromatic rings. The topological polar surface area (TPSA) is 41.6 Å².